The normalized spacial score (nSPS) is 14.3. The number of nitrogens with one attached hydrogen (secondary N) is 1. The molecule has 0 saturated heterocycles. The van der Waals surface area contributed by atoms with Crippen LogP contribution < -0.4 is 5.32 Å². The summed E-state index contributed by atoms with van der Waals surface area (Å²) in [4.78, 5) is 24.3. The number of aliphatic hydroxyl groups is 1. The van der Waals surface area contributed by atoms with Crippen molar-refractivity contribution in [1.82, 2.24) is 10.2 Å². The van der Waals surface area contributed by atoms with Gasteiger partial charge in [0.25, 0.3) is 0 Å². The molecule has 5 nitrogen and oxygen atoms in total. The van der Waals surface area contributed by atoms with E-state index in [2.05, 4.69) is 5.32 Å². The molecule has 0 aliphatic heterocycles. The molecule has 1 aliphatic carbocycles. The molecule has 0 bridgehead atoms. The van der Waals surface area contributed by atoms with E-state index < -0.39 is 0 Å². The first-order chi connectivity index (χ1) is 8.65. The minimum absolute atomic E-state index is 0.00562. The Hall–Kier alpha value is -1.10. The molecule has 0 atom stereocenters. The molecule has 1 fully saturated rings. The van der Waals surface area contributed by atoms with E-state index in [4.69, 9.17) is 5.11 Å². The second-order valence-electron chi connectivity index (χ2n) is 4.84. The molecule has 0 aromatic carbocycles. The van der Waals surface area contributed by atoms with Crippen molar-refractivity contribution in [3.05, 3.63) is 0 Å². The predicted molar refractivity (Wildman–Crippen MR) is 69.0 cm³/mol. The number of carbonyl (C=O) groups is 2. The fourth-order valence-electron chi connectivity index (χ4n) is 1.99. The van der Waals surface area contributed by atoms with Crippen molar-refractivity contribution in [1.29, 1.82) is 0 Å². The van der Waals surface area contributed by atoms with Crippen molar-refractivity contribution in [2.45, 2.75) is 51.5 Å². The van der Waals surface area contributed by atoms with E-state index in [9.17, 15) is 9.59 Å². The van der Waals surface area contributed by atoms with E-state index in [0.29, 0.717) is 25.6 Å². The van der Waals surface area contributed by atoms with Crippen LogP contribution in [0.15, 0.2) is 0 Å². The summed E-state index contributed by atoms with van der Waals surface area (Å²) >= 11 is 0. The molecule has 5 heteroatoms. The van der Waals surface area contributed by atoms with Gasteiger partial charge in [-0.25, -0.2) is 0 Å². The van der Waals surface area contributed by atoms with E-state index in [0.717, 1.165) is 32.1 Å². The molecular formula is C13H24N2O3. The number of hydrogen-bond donors (Lipinski definition) is 2. The highest BCUT2D eigenvalue weighted by Crippen LogP contribution is 2.27. The molecule has 1 rings (SSSR count). The van der Waals surface area contributed by atoms with Gasteiger partial charge in [0, 0.05) is 32.5 Å². The van der Waals surface area contributed by atoms with Gasteiger partial charge >= 0.3 is 0 Å². The summed E-state index contributed by atoms with van der Waals surface area (Å²) in [5.41, 5.74) is 0. The zero-order chi connectivity index (χ0) is 13.4. The summed E-state index contributed by atoms with van der Waals surface area (Å²) in [6.45, 7) is 2.71. The fraction of sp³-hybridized carbons (Fsp3) is 0.846. The first-order valence-corrected chi connectivity index (χ1v) is 6.80. The summed E-state index contributed by atoms with van der Waals surface area (Å²) in [5.74, 6) is 0.153. The van der Waals surface area contributed by atoms with Crippen LogP contribution in [0.4, 0.5) is 0 Å². The Morgan fingerprint density at radius 1 is 1.28 bits per heavy atom. The average Bonchev–Trinajstić information content (AvgIpc) is 3.14. The number of rotatable bonds is 9. The molecular weight excluding hydrogens is 232 g/mol. The van der Waals surface area contributed by atoms with E-state index >= 15 is 0 Å². The Balaban J connectivity index is 2.06. The number of carbonyl (C=O) groups excluding carboxylic acids is 2. The third-order valence-corrected chi connectivity index (χ3v) is 3.09. The molecule has 0 aromatic rings. The summed E-state index contributed by atoms with van der Waals surface area (Å²) in [6.07, 6.45) is 5.42. The van der Waals surface area contributed by atoms with Gasteiger partial charge in [-0.1, -0.05) is 6.42 Å². The van der Waals surface area contributed by atoms with Crippen LogP contribution in [0, 0.1) is 0 Å². The second-order valence-corrected chi connectivity index (χ2v) is 4.84. The van der Waals surface area contributed by atoms with Gasteiger partial charge in [-0.2, -0.15) is 0 Å². The standard InChI is InChI=1S/C13H24N2O3/c1-11(17)14-8-4-2-3-5-13(18)15(9-10-16)12-6-7-12/h12,16H,2-10H2,1H3,(H,14,17). The van der Waals surface area contributed by atoms with E-state index in [-0.39, 0.29) is 18.4 Å². The zero-order valence-corrected chi connectivity index (χ0v) is 11.2. The number of amides is 2. The Bertz CT molecular complexity index is 277. The third-order valence-electron chi connectivity index (χ3n) is 3.09. The van der Waals surface area contributed by atoms with Crippen LogP contribution in [-0.2, 0) is 9.59 Å². The van der Waals surface area contributed by atoms with Gasteiger partial charge in [-0.15, -0.1) is 0 Å². The van der Waals surface area contributed by atoms with Crippen LogP contribution in [0.3, 0.4) is 0 Å². The molecule has 2 amide bonds. The molecule has 0 radical (unpaired) electrons. The highest BCUT2D eigenvalue weighted by atomic mass is 16.3. The van der Waals surface area contributed by atoms with Crippen molar-refractivity contribution < 1.29 is 14.7 Å². The lowest BCUT2D eigenvalue weighted by Gasteiger charge is -2.21. The van der Waals surface area contributed by atoms with Gasteiger partial charge < -0.3 is 15.3 Å². The van der Waals surface area contributed by atoms with Gasteiger partial charge in [0.15, 0.2) is 0 Å². The lowest BCUT2D eigenvalue weighted by Crippen LogP contribution is -2.35. The zero-order valence-electron chi connectivity index (χ0n) is 11.2. The summed E-state index contributed by atoms with van der Waals surface area (Å²) in [6, 6.07) is 0.379. The van der Waals surface area contributed by atoms with E-state index in [1.807, 2.05) is 4.90 Å². The van der Waals surface area contributed by atoms with E-state index in [1.54, 1.807) is 0 Å². The van der Waals surface area contributed by atoms with Crippen LogP contribution in [-0.4, -0.2) is 47.6 Å². The van der Waals surface area contributed by atoms with E-state index in [1.165, 1.54) is 6.92 Å². The Kier molecular flexibility index (Phi) is 6.72. The summed E-state index contributed by atoms with van der Waals surface area (Å²) < 4.78 is 0. The van der Waals surface area contributed by atoms with Crippen LogP contribution in [0.1, 0.15) is 45.4 Å². The Morgan fingerprint density at radius 2 is 2.00 bits per heavy atom. The first-order valence-electron chi connectivity index (χ1n) is 6.80. The summed E-state index contributed by atoms with van der Waals surface area (Å²) in [5, 5.41) is 11.7. The van der Waals surface area contributed by atoms with Gasteiger partial charge in [0.05, 0.1) is 6.61 Å². The maximum Gasteiger partial charge on any atom is 0.222 e. The summed E-state index contributed by atoms with van der Waals surface area (Å²) in [7, 11) is 0. The van der Waals surface area contributed by atoms with Crippen molar-refractivity contribution in [2.24, 2.45) is 0 Å². The Labute approximate surface area is 109 Å². The van der Waals surface area contributed by atoms with Crippen LogP contribution in [0.5, 0.6) is 0 Å². The van der Waals surface area contributed by atoms with Gasteiger partial charge in [-0.05, 0) is 25.7 Å². The van der Waals surface area contributed by atoms with Crippen molar-refractivity contribution in [2.75, 3.05) is 19.7 Å². The number of unbranched alkanes of at least 4 members (excludes halogenated alkanes) is 2. The van der Waals surface area contributed by atoms with Crippen molar-refractivity contribution in [3.8, 4) is 0 Å². The molecule has 1 aliphatic rings. The molecule has 0 spiro atoms. The number of hydrogen-bond acceptors (Lipinski definition) is 3. The monoisotopic (exact) mass is 256 g/mol. The maximum atomic E-state index is 11.9. The SMILES string of the molecule is CC(=O)NCCCCCC(=O)N(CCO)C1CC1. The minimum atomic E-state index is -0.00562. The van der Waals surface area contributed by atoms with Crippen molar-refractivity contribution in [3.63, 3.8) is 0 Å². The maximum absolute atomic E-state index is 11.9. The minimum Gasteiger partial charge on any atom is -0.395 e. The number of nitrogens with zero attached hydrogens (tertiary/aromatic N) is 1. The van der Waals surface area contributed by atoms with Crippen LogP contribution in [0.25, 0.3) is 0 Å². The molecule has 2 N–H and O–H groups in total. The second kappa shape index (κ2) is 8.08. The Morgan fingerprint density at radius 3 is 2.56 bits per heavy atom. The quantitative estimate of drug-likeness (QED) is 0.596. The van der Waals surface area contributed by atoms with Crippen LogP contribution in [0.2, 0.25) is 0 Å². The molecule has 104 valence electrons. The van der Waals surface area contributed by atoms with Gasteiger partial charge in [-0.3, -0.25) is 9.59 Å². The smallest absolute Gasteiger partial charge is 0.222 e. The average molecular weight is 256 g/mol. The fourth-order valence-corrected chi connectivity index (χ4v) is 1.99. The largest absolute Gasteiger partial charge is 0.395 e. The third kappa shape index (κ3) is 6.00. The molecule has 0 unspecified atom stereocenters. The number of aliphatic hydroxyl groups excluding tert-OH is 1. The van der Waals surface area contributed by atoms with Gasteiger partial charge in [0.2, 0.25) is 11.8 Å². The first kappa shape index (κ1) is 15.0. The highest BCUT2D eigenvalue weighted by molar-refractivity contribution is 5.76. The molecule has 1 saturated carbocycles. The molecule has 18 heavy (non-hydrogen) atoms. The lowest BCUT2D eigenvalue weighted by molar-refractivity contribution is -0.132. The molecule has 0 heterocycles. The van der Waals surface area contributed by atoms with Gasteiger partial charge in [0.1, 0.15) is 0 Å². The van der Waals surface area contributed by atoms with Crippen molar-refractivity contribution >= 4 is 11.8 Å². The highest BCUT2D eigenvalue weighted by Gasteiger charge is 2.31. The predicted octanol–water partition coefficient (Wildman–Crippen LogP) is 0.666. The topological polar surface area (TPSA) is 69.6 Å². The lowest BCUT2D eigenvalue weighted by atomic mass is 10.1. The van der Waals surface area contributed by atoms with Crippen LogP contribution >= 0.6 is 0 Å². The molecule has 0 aromatic heterocycles.